The van der Waals surface area contributed by atoms with Gasteiger partial charge in [-0.2, -0.15) is 0 Å². The van der Waals surface area contributed by atoms with Gasteiger partial charge in [0.15, 0.2) is 0 Å². The normalized spacial score (nSPS) is 49.9. The average Bonchev–Trinajstić information content (AvgIpc) is 3.44. The highest BCUT2D eigenvalue weighted by Gasteiger charge is 2.55. The molecule has 3 aliphatic carbocycles. The van der Waals surface area contributed by atoms with Crippen molar-refractivity contribution in [2.45, 2.75) is 138 Å². The van der Waals surface area contributed by atoms with Crippen LogP contribution in [0.3, 0.4) is 0 Å². The van der Waals surface area contributed by atoms with Crippen molar-refractivity contribution >= 4 is 10.0 Å². The Labute approximate surface area is 193 Å². The minimum atomic E-state index is -3.45. The van der Waals surface area contributed by atoms with Crippen molar-refractivity contribution in [1.82, 2.24) is 15.5 Å². The Bertz CT molecular complexity index is 794. The number of ether oxygens (including phenoxy) is 1. The summed E-state index contributed by atoms with van der Waals surface area (Å²) in [6.45, 7) is 0. The van der Waals surface area contributed by atoms with Crippen molar-refractivity contribution in [3.8, 4) is 0 Å². The average molecular weight is 467 g/mol. The molecule has 3 heterocycles. The molecular formula is C24H42N4O3S. The molecule has 0 aromatic carbocycles. The van der Waals surface area contributed by atoms with E-state index in [0.29, 0.717) is 49.2 Å². The lowest BCUT2D eigenvalue weighted by Crippen LogP contribution is -2.70. The van der Waals surface area contributed by atoms with Crippen LogP contribution in [-0.2, 0) is 14.8 Å². The molecule has 182 valence electrons. The molecule has 3 aliphatic heterocycles. The third kappa shape index (κ3) is 3.97. The van der Waals surface area contributed by atoms with Crippen molar-refractivity contribution in [1.29, 1.82) is 0 Å². The maximum Gasteiger partial charge on any atom is 0.211 e. The van der Waals surface area contributed by atoms with Crippen molar-refractivity contribution in [3.05, 3.63) is 0 Å². The fraction of sp³-hybridized carbons (Fsp3) is 1.00. The summed E-state index contributed by atoms with van der Waals surface area (Å²) in [6, 6.07) is 1.88. The van der Waals surface area contributed by atoms with E-state index in [1.807, 2.05) is 0 Å². The van der Waals surface area contributed by atoms with E-state index in [2.05, 4.69) is 15.5 Å². The summed E-state index contributed by atoms with van der Waals surface area (Å²) in [7, 11) is -3.45. The van der Waals surface area contributed by atoms with Crippen LogP contribution in [0.1, 0.15) is 89.9 Å². The number of primary sulfonamides is 1. The number of hydrogen-bond acceptors (Lipinski definition) is 6. The van der Waals surface area contributed by atoms with Gasteiger partial charge in [-0.25, -0.2) is 13.6 Å². The van der Waals surface area contributed by atoms with Crippen molar-refractivity contribution in [3.63, 3.8) is 0 Å². The quantitative estimate of drug-likeness (QED) is 0.591. The molecule has 7 nitrogen and oxygen atoms in total. The summed E-state index contributed by atoms with van der Waals surface area (Å²) in [5.74, 6) is 1.05. The van der Waals surface area contributed by atoms with Gasteiger partial charge >= 0.3 is 0 Å². The molecule has 0 bridgehead atoms. The van der Waals surface area contributed by atoms with Gasteiger partial charge in [0.2, 0.25) is 10.0 Å². The summed E-state index contributed by atoms with van der Waals surface area (Å²) >= 11 is 0. The molecule has 6 rings (SSSR count). The van der Waals surface area contributed by atoms with Crippen LogP contribution in [0.25, 0.3) is 0 Å². The molecule has 0 amide bonds. The fourth-order valence-corrected chi connectivity index (χ4v) is 9.34. The Hall–Kier alpha value is -0.250. The Morgan fingerprint density at radius 3 is 2.31 bits per heavy atom. The van der Waals surface area contributed by atoms with E-state index in [0.717, 1.165) is 31.6 Å². The van der Waals surface area contributed by atoms with Gasteiger partial charge in [-0.15, -0.1) is 0 Å². The molecule has 0 aromatic rings. The van der Waals surface area contributed by atoms with Crippen molar-refractivity contribution in [2.24, 2.45) is 17.0 Å². The number of rotatable bonds is 3. The molecule has 0 spiro atoms. The Kier molecular flexibility index (Phi) is 6.08. The Balaban J connectivity index is 1.19. The van der Waals surface area contributed by atoms with E-state index >= 15 is 0 Å². The first kappa shape index (κ1) is 22.2. The van der Waals surface area contributed by atoms with Crippen LogP contribution in [0.2, 0.25) is 0 Å². The summed E-state index contributed by atoms with van der Waals surface area (Å²) in [5.41, 5.74) is 0. The highest BCUT2D eigenvalue weighted by molar-refractivity contribution is 7.89. The second-order valence-electron chi connectivity index (χ2n) is 11.6. The van der Waals surface area contributed by atoms with E-state index in [1.54, 1.807) is 0 Å². The fourth-order valence-electron chi connectivity index (χ4n) is 8.33. The number of nitrogens with zero attached hydrogens (tertiary/aromatic N) is 1. The first-order chi connectivity index (χ1) is 15.5. The topological polar surface area (TPSA) is 96.7 Å². The van der Waals surface area contributed by atoms with Crippen LogP contribution in [0, 0.1) is 11.8 Å². The lowest BCUT2D eigenvalue weighted by Gasteiger charge is -2.52. The lowest BCUT2D eigenvalue weighted by atomic mass is 9.79. The molecule has 10 atom stereocenters. The highest BCUT2D eigenvalue weighted by atomic mass is 32.2. The molecule has 6 aliphatic rings. The van der Waals surface area contributed by atoms with E-state index < -0.39 is 10.0 Å². The summed E-state index contributed by atoms with van der Waals surface area (Å²) in [6.07, 6.45) is 17.4. The zero-order valence-corrected chi connectivity index (χ0v) is 20.1. The molecular weight excluding hydrogens is 424 g/mol. The zero-order valence-electron chi connectivity index (χ0n) is 19.3. The SMILES string of the molecule is NS(=O)(=O)C1CCCC(C2CCC([C@H]3NC4CCCCC4C4NC5CCCCC5N43)O2)C1. The van der Waals surface area contributed by atoms with Gasteiger partial charge in [-0.3, -0.25) is 15.5 Å². The minimum Gasteiger partial charge on any atom is -0.372 e. The number of sulfonamides is 1. The van der Waals surface area contributed by atoms with Crippen LogP contribution >= 0.6 is 0 Å². The van der Waals surface area contributed by atoms with Crippen LogP contribution in [0.15, 0.2) is 0 Å². The van der Waals surface area contributed by atoms with Crippen LogP contribution in [0.4, 0.5) is 0 Å². The largest absolute Gasteiger partial charge is 0.372 e. The monoisotopic (exact) mass is 466 g/mol. The third-order valence-electron chi connectivity index (χ3n) is 9.84. The first-order valence-corrected chi connectivity index (χ1v) is 15.1. The summed E-state index contributed by atoms with van der Waals surface area (Å²) in [5, 5.41) is 13.3. The van der Waals surface area contributed by atoms with Gasteiger partial charge in [0, 0.05) is 24.0 Å². The zero-order chi connectivity index (χ0) is 21.9. The molecule has 3 saturated heterocycles. The Morgan fingerprint density at radius 2 is 1.47 bits per heavy atom. The molecule has 0 aromatic heterocycles. The lowest BCUT2D eigenvalue weighted by molar-refractivity contribution is -0.101. The van der Waals surface area contributed by atoms with Crippen molar-refractivity contribution in [2.75, 3.05) is 0 Å². The predicted molar refractivity (Wildman–Crippen MR) is 124 cm³/mol. The van der Waals surface area contributed by atoms with E-state index in [9.17, 15) is 8.42 Å². The smallest absolute Gasteiger partial charge is 0.211 e. The van der Waals surface area contributed by atoms with E-state index in [4.69, 9.17) is 9.88 Å². The van der Waals surface area contributed by atoms with E-state index in [1.165, 1.54) is 51.4 Å². The van der Waals surface area contributed by atoms with Crippen LogP contribution < -0.4 is 15.8 Å². The molecule has 8 heteroatoms. The van der Waals surface area contributed by atoms with Gasteiger partial charge in [0.25, 0.3) is 0 Å². The van der Waals surface area contributed by atoms with E-state index in [-0.39, 0.29) is 17.5 Å². The highest BCUT2D eigenvalue weighted by Crippen LogP contribution is 2.44. The molecule has 32 heavy (non-hydrogen) atoms. The summed E-state index contributed by atoms with van der Waals surface area (Å²) < 4.78 is 30.7. The molecule has 4 N–H and O–H groups in total. The van der Waals surface area contributed by atoms with Gasteiger partial charge < -0.3 is 4.74 Å². The number of nitrogens with one attached hydrogen (secondary N) is 2. The number of fused-ring (bicyclic) bond motifs is 5. The third-order valence-corrected chi connectivity index (χ3v) is 11.2. The van der Waals surface area contributed by atoms with Gasteiger partial charge in [0.1, 0.15) is 0 Å². The predicted octanol–water partition coefficient (Wildman–Crippen LogP) is 2.41. The first-order valence-electron chi connectivity index (χ1n) is 13.5. The molecule has 6 fully saturated rings. The van der Waals surface area contributed by atoms with Crippen molar-refractivity contribution < 1.29 is 13.2 Å². The standard InChI is InChI=1S/C24H42N4O3S/c25-32(29,30)16-7-5-6-15(14-16)21-12-13-22(31-21)24-26-18-9-2-1-8-17(18)23-27-19-10-3-4-11-20(19)28(23)24/h15-24,26-27H,1-14H2,(H2,25,29,30)/t15?,16?,17?,18?,19?,20?,21?,22?,23?,24-/m0/s1. The van der Waals surface area contributed by atoms with Gasteiger partial charge in [0.05, 0.1) is 29.8 Å². The molecule has 3 saturated carbocycles. The second-order valence-corrected chi connectivity index (χ2v) is 13.5. The number of nitrogens with two attached hydrogens (primary N) is 1. The van der Waals surface area contributed by atoms with Crippen LogP contribution in [-0.4, -0.2) is 61.2 Å². The summed E-state index contributed by atoms with van der Waals surface area (Å²) in [4.78, 5) is 2.82. The maximum atomic E-state index is 12.0. The molecule has 0 radical (unpaired) electrons. The number of hydrogen-bond donors (Lipinski definition) is 3. The maximum absolute atomic E-state index is 12.0. The second kappa shape index (κ2) is 8.76. The Morgan fingerprint density at radius 1 is 0.750 bits per heavy atom. The van der Waals surface area contributed by atoms with Crippen LogP contribution in [0.5, 0.6) is 0 Å². The van der Waals surface area contributed by atoms with Gasteiger partial charge in [-0.05, 0) is 63.7 Å². The minimum absolute atomic E-state index is 0.187. The van der Waals surface area contributed by atoms with Gasteiger partial charge in [-0.1, -0.05) is 32.1 Å². The molecule has 9 unspecified atom stereocenters.